The van der Waals surface area contributed by atoms with Gasteiger partial charge in [-0.15, -0.1) is 0 Å². The van der Waals surface area contributed by atoms with E-state index in [-0.39, 0.29) is 16.9 Å². The number of Topliss-reactive ketones (excluding diaryl/α,β-unsaturated/α-hetero) is 1. The minimum atomic E-state index is -4.03. The summed E-state index contributed by atoms with van der Waals surface area (Å²) >= 11 is 3.13. The van der Waals surface area contributed by atoms with Gasteiger partial charge < -0.3 is 13.6 Å². The molecule has 3 rings (SSSR count). The van der Waals surface area contributed by atoms with E-state index in [0.29, 0.717) is 17.1 Å². The number of hydrogen-bond acceptors (Lipinski definition) is 5. The van der Waals surface area contributed by atoms with Gasteiger partial charge in [-0.3, -0.25) is 4.79 Å². The number of phosphoric acid groups is 1. The van der Waals surface area contributed by atoms with Gasteiger partial charge in [0.25, 0.3) is 0 Å². The lowest BCUT2D eigenvalue weighted by Gasteiger charge is -2.19. The van der Waals surface area contributed by atoms with Crippen molar-refractivity contribution in [3.8, 4) is 17.2 Å². The number of hydrogen-bond donors (Lipinski definition) is 0. The lowest BCUT2D eigenvalue weighted by molar-refractivity contribution is 0.102. The molecule has 0 aliphatic heterocycles. The van der Waals surface area contributed by atoms with Crippen molar-refractivity contribution < 1.29 is 22.9 Å². The van der Waals surface area contributed by atoms with E-state index < -0.39 is 7.82 Å². The highest BCUT2D eigenvalue weighted by Crippen LogP contribution is 2.49. The largest absolute Gasteiger partial charge is 0.647 e. The van der Waals surface area contributed by atoms with E-state index in [2.05, 4.69) is 15.9 Å². The third kappa shape index (κ3) is 5.46. The van der Waals surface area contributed by atoms with Crippen molar-refractivity contribution in [2.24, 2.45) is 0 Å². The first kappa shape index (κ1) is 19.2. The van der Waals surface area contributed by atoms with Crippen LogP contribution in [0.1, 0.15) is 10.4 Å². The molecular weight excluding hydrogens is 431 g/mol. The molecule has 3 aromatic rings. The Kier molecular flexibility index (Phi) is 6.32. The SMILES string of the molecule is O=C(CBr)c1ccc(OP(=O)(Oc2ccccc2)Oc2ccccc2)cc1. The molecule has 3 aromatic carbocycles. The Labute approximate surface area is 165 Å². The molecule has 0 aliphatic carbocycles. The van der Waals surface area contributed by atoms with Crippen molar-refractivity contribution in [2.45, 2.75) is 0 Å². The van der Waals surface area contributed by atoms with Crippen LogP contribution in [0.15, 0.2) is 84.9 Å². The molecule has 0 unspecified atom stereocenters. The minimum Gasteiger partial charge on any atom is -0.386 e. The molecule has 0 N–H and O–H groups in total. The Bertz CT molecular complexity index is 884. The van der Waals surface area contributed by atoms with E-state index in [1.807, 2.05) is 12.1 Å². The third-order valence-electron chi connectivity index (χ3n) is 3.44. The number of alkyl halides is 1. The number of para-hydroxylation sites is 2. The van der Waals surface area contributed by atoms with Crippen LogP contribution in [0.4, 0.5) is 0 Å². The molecule has 5 nitrogen and oxygen atoms in total. The van der Waals surface area contributed by atoms with Crippen LogP contribution >= 0.6 is 23.8 Å². The van der Waals surface area contributed by atoms with Crippen molar-refractivity contribution in [2.75, 3.05) is 5.33 Å². The van der Waals surface area contributed by atoms with Crippen LogP contribution in [0.2, 0.25) is 0 Å². The molecule has 138 valence electrons. The molecule has 0 heterocycles. The van der Waals surface area contributed by atoms with Gasteiger partial charge in [-0.1, -0.05) is 52.3 Å². The molecule has 0 saturated carbocycles. The zero-order valence-electron chi connectivity index (χ0n) is 14.2. The second-order valence-corrected chi connectivity index (χ2v) is 7.43. The van der Waals surface area contributed by atoms with E-state index in [4.69, 9.17) is 13.6 Å². The number of rotatable bonds is 8. The van der Waals surface area contributed by atoms with Gasteiger partial charge in [0, 0.05) is 5.56 Å². The van der Waals surface area contributed by atoms with E-state index in [1.165, 1.54) is 0 Å². The molecule has 0 amide bonds. The monoisotopic (exact) mass is 446 g/mol. The van der Waals surface area contributed by atoms with Gasteiger partial charge in [-0.05, 0) is 48.5 Å². The average molecular weight is 447 g/mol. The summed E-state index contributed by atoms with van der Waals surface area (Å²) in [5.41, 5.74) is 0.516. The minimum absolute atomic E-state index is 0.0641. The second-order valence-electron chi connectivity index (χ2n) is 5.43. The summed E-state index contributed by atoms with van der Waals surface area (Å²) in [5.74, 6) is 0.896. The smallest absolute Gasteiger partial charge is 0.386 e. The van der Waals surface area contributed by atoms with E-state index in [1.54, 1.807) is 72.8 Å². The Hall–Kier alpha value is -2.56. The standard InChI is InChI=1S/C20H16BrO5P/c21-15-20(22)16-11-13-19(14-12-16)26-27(23,24-17-7-3-1-4-8-17)25-18-9-5-2-6-10-18/h1-14H,15H2. The Morgan fingerprint density at radius 2 is 1.11 bits per heavy atom. The van der Waals surface area contributed by atoms with Crippen LogP contribution in [0, 0.1) is 0 Å². The Morgan fingerprint density at radius 1 is 0.704 bits per heavy atom. The maximum absolute atomic E-state index is 13.3. The van der Waals surface area contributed by atoms with Crippen LogP contribution < -0.4 is 13.6 Å². The number of ketones is 1. The van der Waals surface area contributed by atoms with Gasteiger partial charge in [0.05, 0.1) is 5.33 Å². The summed E-state index contributed by atoms with van der Waals surface area (Å²) in [5, 5.41) is 0.222. The quantitative estimate of drug-likeness (QED) is 0.244. The lowest BCUT2D eigenvalue weighted by Crippen LogP contribution is -2.08. The fourth-order valence-corrected chi connectivity index (χ4v) is 3.76. The number of benzene rings is 3. The summed E-state index contributed by atoms with van der Waals surface area (Å²) in [6, 6.07) is 23.5. The molecule has 0 aliphatic rings. The predicted molar refractivity (Wildman–Crippen MR) is 107 cm³/mol. The molecule has 0 aromatic heterocycles. The zero-order chi connectivity index (χ0) is 19.1. The van der Waals surface area contributed by atoms with Gasteiger partial charge in [0.2, 0.25) is 0 Å². The van der Waals surface area contributed by atoms with Crippen LogP contribution in [0.25, 0.3) is 0 Å². The van der Waals surface area contributed by atoms with Crippen molar-refractivity contribution in [1.29, 1.82) is 0 Å². The third-order valence-corrected chi connectivity index (χ3v) is 5.25. The van der Waals surface area contributed by atoms with Gasteiger partial charge >= 0.3 is 7.82 Å². The maximum Gasteiger partial charge on any atom is 0.647 e. The summed E-state index contributed by atoms with van der Waals surface area (Å²) in [7, 11) is -4.03. The summed E-state index contributed by atoms with van der Waals surface area (Å²) in [6.45, 7) is 0. The predicted octanol–water partition coefficient (Wildman–Crippen LogP) is 5.91. The summed E-state index contributed by atoms with van der Waals surface area (Å²) in [4.78, 5) is 11.7. The fourth-order valence-electron chi connectivity index (χ4n) is 2.18. The van der Waals surface area contributed by atoms with Gasteiger partial charge in [0.1, 0.15) is 17.2 Å². The fraction of sp³-hybridized carbons (Fsp3) is 0.0500. The highest BCUT2D eigenvalue weighted by atomic mass is 79.9. The normalized spacial score (nSPS) is 10.9. The number of carbonyl (C=O) groups excluding carboxylic acids is 1. The molecule has 0 bridgehead atoms. The van der Waals surface area contributed by atoms with E-state index in [0.717, 1.165) is 0 Å². The lowest BCUT2D eigenvalue weighted by atomic mass is 10.1. The molecule has 0 spiro atoms. The van der Waals surface area contributed by atoms with Gasteiger partial charge in [-0.2, -0.15) is 4.57 Å². The summed E-state index contributed by atoms with van der Waals surface area (Å²) < 4.78 is 29.9. The second kappa shape index (κ2) is 8.89. The number of phosphoric ester groups is 1. The van der Waals surface area contributed by atoms with Crippen molar-refractivity contribution in [3.63, 3.8) is 0 Å². The van der Waals surface area contributed by atoms with Gasteiger partial charge in [0.15, 0.2) is 5.78 Å². The molecular formula is C20H16BrO5P. The molecule has 0 radical (unpaired) electrons. The zero-order valence-corrected chi connectivity index (χ0v) is 16.6. The Balaban J connectivity index is 1.85. The Morgan fingerprint density at radius 3 is 1.52 bits per heavy atom. The first-order chi connectivity index (χ1) is 13.1. The average Bonchev–Trinajstić information content (AvgIpc) is 2.69. The summed E-state index contributed by atoms with van der Waals surface area (Å²) in [6.07, 6.45) is 0. The number of halogens is 1. The van der Waals surface area contributed by atoms with E-state index >= 15 is 0 Å². The first-order valence-electron chi connectivity index (χ1n) is 8.06. The van der Waals surface area contributed by atoms with Crippen LogP contribution in [0.5, 0.6) is 17.2 Å². The molecule has 7 heteroatoms. The van der Waals surface area contributed by atoms with Crippen LogP contribution in [0.3, 0.4) is 0 Å². The van der Waals surface area contributed by atoms with Crippen molar-refractivity contribution >= 4 is 29.5 Å². The first-order valence-corrected chi connectivity index (χ1v) is 10.6. The van der Waals surface area contributed by atoms with Gasteiger partial charge in [-0.25, -0.2) is 0 Å². The highest BCUT2D eigenvalue weighted by Gasteiger charge is 2.33. The molecule has 27 heavy (non-hydrogen) atoms. The highest BCUT2D eigenvalue weighted by molar-refractivity contribution is 9.09. The van der Waals surface area contributed by atoms with Crippen molar-refractivity contribution in [1.82, 2.24) is 0 Å². The topological polar surface area (TPSA) is 61.8 Å². The molecule has 0 fully saturated rings. The molecule has 0 saturated heterocycles. The van der Waals surface area contributed by atoms with E-state index in [9.17, 15) is 9.36 Å². The van der Waals surface area contributed by atoms with Crippen molar-refractivity contribution in [3.05, 3.63) is 90.5 Å². The number of carbonyl (C=O) groups is 1. The van der Waals surface area contributed by atoms with Crippen LogP contribution in [-0.2, 0) is 4.57 Å². The molecule has 0 atom stereocenters. The van der Waals surface area contributed by atoms with Crippen LogP contribution in [-0.4, -0.2) is 11.1 Å². The maximum atomic E-state index is 13.3.